The number of alkyl halides is 3. The molecule has 0 fully saturated rings. The Kier molecular flexibility index (Phi) is 3.29. The van der Waals surface area contributed by atoms with Crippen molar-refractivity contribution in [2.45, 2.75) is 13.1 Å². The Balaban J connectivity index is 2.95. The van der Waals surface area contributed by atoms with E-state index in [4.69, 9.17) is 0 Å². The van der Waals surface area contributed by atoms with Gasteiger partial charge in [-0.05, 0) is 25.1 Å². The summed E-state index contributed by atoms with van der Waals surface area (Å²) in [5.74, 6) is -0.300. The maximum absolute atomic E-state index is 12.2. The van der Waals surface area contributed by atoms with E-state index in [1.807, 2.05) is 0 Å². The number of carbonyl (C=O) groups is 1. The zero-order chi connectivity index (χ0) is 11.5. The normalized spacial score (nSPS) is 12.0. The average molecular weight is 214 g/mol. The van der Waals surface area contributed by atoms with E-state index in [-0.39, 0.29) is 11.3 Å². The zero-order valence-corrected chi connectivity index (χ0v) is 8.01. The van der Waals surface area contributed by atoms with Gasteiger partial charge in [0.2, 0.25) is 0 Å². The number of halogens is 3. The van der Waals surface area contributed by atoms with Crippen LogP contribution in [0.15, 0.2) is 36.4 Å². The summed E-state index contributed by atoms with van der Waals surface area (Å²) in [6, 6.07) is 4.14. The molecule has 1 rings (SSSR count). The third-order valence-electron chi connectivity index (χ3n) is 1.81. The minimum atomic E-state index is -4.36. The van der Waals surface area contributed by atoms with Crippen molar-refractivity contribution in [3.8, 4) is 0 Å². The number of ketones is 1. The van der Waals surface area contributed by atoms with Crippen molar-refractivity contribution in [2.24, 2.45) is 0 Å². The van der Waals surface area contributed by atoms with Crippen LogP contribution in [0.2, 0.25) is 0 Å². The van der Waals surface area contributed by atoms with Crippen LogP contribution < -0.4 is 0 Å². The molecule has 0 spiro atoms. The van der Waals surface area contributed by atoms with Crippen LogP contribution in [0.5, 0.6) is 0 Å². The minimum Gasteiger partial charge on any atom is -0.289 e. The fourth-order valence-electron chi connectivity index (χ4n) is 1.07. The SMILES string of the molecule is CC=CC(=O)c1ccc(C(F)(F)F)cc1. The minimum absolute atomic E-state index is 0.251. The quantitative estimate of drug-likeness (QED) is 0.544. The lowest BCUT2D eigenvalue weighted by molar-refractivity contribution is -0.137. The van der Waals surface area contributed by atoms with Crippen LogP contribution in [-0.2, 0) is 6.18 Å². The second-order valence-corrected chi connectivity index (χ2v) is 2.94. The van der Waals surface area contributed by atoms with Crippen LogP contribution in [0.4, 0.5) is 13.2 Å². The Morgan fingerprint density at radius 3 is 2.13 bits per heavy atom. The number of carbonyl (C=O) groups excluding carboxylic acids is 1. The maximum Gasteiger partial charge on any atom is 0.416 e. The first-order chi connectivity index (χ1) is 6.95. The first kappa shape index (κ1) is 11.5. The molecule has 0 atom stereocenters. The Morgan fingerprint density at radius 2 is 1.73 bits per heavy atom. The molecule has 0 bridgehead atoms. The molecule has 15 heavy (non-hydrogen) atoms. The van der Waals surface area contributed by atoms with Gasteiger partial charge in [-0.2, -0.15) is 13.2 Å². The summed E-state index contributed by atoms with van der Waals surface area (Å²) in [5, 5.41) is 0. The highest BCUT2D eigenvalue weighted by Gasteiger charge is 2.30. The molecule has 1 aromatic carbocycles. The third-order valence-corrected chi connectivity index (χ3v) is 1.81. The van der Waals surface area contributed by atoms with Gasteiger partial charge in [-0.1, -0.05) is 18.2 Å². The summed E-state index contributed by atoms with van der Waals surface area (Å²) in [6.45, 7) is 1.67. The highest BCUT2D eigenvalue weighted by molar-refractivity contribution is 6.04. The lowest BCUT2D eigenvalue weighted by atomic mass is 10.1. The molecule has 0 saturated heterocycles. The van der Waals surface area contributed by atoms with E-state index in [0.29, 0.717) is 0 Å². The monoisotopic (exact) mass is 214 g/mol. The molecule has 0 aliphatic carbocycles. The van der Waals surface area contributed by atoms with Crippen molar-refractivity contribution in [2.75, 3.05) is 0 Å². The van der Waals surface area contributed by atoms with Gasteiger partial charge < -0.3 is 0 Å². The lowest BCUT2D eigenvalue weighted by Gasteiger charge is -2.06. The van der Waals surface area contributed by atoms with Crippen LogP contribution in [0, 0.1) is 0 Å². The van der Waals surface area contributed by atoms with E-state index < -0.39 is 11.7 Å². The smallest absolute Gasteiger partial charge is 0.289 e. The predicted molar refractivity (Wildman–Crippen MR) is 50.6 cm³/mol. The van der Waals surface area contributed by atoms with Crippen LogP contribution in [0.25, 0.3) is 0 Å². The highest BCUT2D eigenvalue weighted by Crippen LogP contribution is 2.29. The number of allylic oxidation sites excluding steroid dienone is 2. The molecule has 1 aromatic rings. The van der Waals surface area contributed by atoms with Crippen molar-refractivity contribution in [1.29, 1.82) is 0 Å². The average Bonchev–Trinajstić information content (AvgIpc) is 2.17. The maximum atomic E-state index is 12.2. The van der Waals surface area contributed by atoms with Crippen LogP contribution in [0.1, 0.15) is 22.8 Å². The summed E-state index contributed by atoms with van der Waals surface area (Å²) >= 11 is 0. The zero-order valence-electron chi connectivity index (χ0n) is 8.01. The number of hydrogen-bond donors (Lipinski definition) is 0. The van der Waals surface area contributed by atoms with Gasteiger partial charge in [0, 0.05) is 5.56 Å². The van der Waals surface area contributed by atoms with Crippen LogP contribution in [0.3, 0.4) is 0 Å². The van der Waals surface area contributed by atoms with Gasteiger partial charge in [0.05, 0.1) is 5.56 Å². The first-order valence-corrected chi connectivity index (χ1v) is 4.29. The Morgan fingerprint density at radius 1 is 1.20 bits per heavy atom. The number of hydrogen-bond acceptors (Lipinski definition) is 1. The topological polar surface area (TPSA) is 17.1 Å². The molecule has 0 unspecified atom stereocenters. The molecule has 1 nitrogen and oxygen atoms in total. The molecule has 0 amide bonds. The largest absolute Gasteiger partial charge is 0.416 e. The fraction of sp³-hybridized carbons (Fsp3) is 0.182. The molecular formula is C11H9F3O. The molecule has 0 aliphatic heterocycles. The van der Waals surface area contributed by atoms with Gasteiger partial charge in [-0.25, -0.2) is 0 Å². The van der Waals surface area contributed by atoms with E-state index >= 15 is 0 Å². The van der Waals surface area contributed by atoms with Gasteiger partial charge in [0.15, 0.2) is 5.78 Å². The Labute approximate surface area is 85.2 Å². The first-order valence-electron chi connectivity index (χ1n) is 4.29. The third kappa shape index (κ3) is 2.94. The second kappa shape index (κ2) is 4.29. The molecule has 0 heterocycles. The summed E-state index contributed by atoms with van der Waals surface area (Å²) in [4.78, 5) is 11.2. The van der Waals surface area contributed by atoms with Crippen LogP contribution >= 0.6 is 0 Å². The van der Waals surface area contributed by atoms with Gasteiger partial charge in [0.1, 0.15) is 0 Å². The fourth-order valence-corrected chi connectivity index (χ4v) is 1.07. The van der Waals surface area contributed by atoms with Crippen molar-refractivity contribution in [1.82, 2.24) is 0 Å². The molecule has 0 saturated carbocycles. The number of rotatable bonds is 2. The van der Waals surface area contributed by atoms with Crippen molar-refractivity contribution >= 4 is 5.78 Å². The molecule has 0 radical (unpaired) electrons. The standard InChI is InChI=1S/C11H9F3O/c1-2-3-10(15)8-4-6-9(7-5-8)11(12,13)14/h2-7H,1H3. The van der Waals surface area contributed by atoms with Crippen LogP contribution in [-0.4, -0.2) is 5.78 Å². The summed E-state index contributed by atoms with van der Waals surface area (Å²) in [5.41, 5.74) is -0.499. The van der Waals surface area contributed by atoms with Gasteiger partial charge in [-0.3, -0.25) is 4.79 Å². The predicted octanol–water partition coefficient (Wildman–Crippen LogP) is 3.46. The van der Waals surface area contributed by atoms with Gasteiger partial charge >= 0.3 is 6.18 Å². The number of benzene rings is 1. The van der Waals surface area contributed by atoms with Gasteiger partial charge in [-0.15, -0.1) is 0 Å². The van der Waals surface area contributed by atoms with E-state index in [9.17, 15) is 18.0 Å². The van der Waals surface area contributed by atoms with Crippen molar-refractivity contribution < 1.29 is 18.0 Å². The van der Waals surface area contributed by atoms with Gasteiger partial charge in [0.25, 0.3) is 0 Å². The molecule has 80 valence electrons. The summed E-state index contributed by atoms with van der Waals surface area (Å²) < 4.78 is 36.5. The molecule has 4 heteroatoms. The summed E-state index contributed by atoms with van der Waals surface area (Å²) in [6.07, 6.45) is -1.51. The lowest BCUT2D eigenvalue weighted by Crippen LogP contribution is -2.05. The molecular weight excluding hydrogens is 205 g/mol. The second-order valence-electron chi connectivity index (χ2n) is 2.94. The van der Waals surface area contributed by atoms with E-state index in [1.54, 1.807) is 13.0 Å². The van der Waals surface area contributed by atoms with E-state index in [1.165, 1.54) is 18.2 Å². The molecule has 0 aromatic heterocycles. The highest BCUT2D eigenvalue weighted by atomic mass is 19.4. The summed E-state index contributed by atoms with van der Waals surface area (Å²) in [7, 11) is 0. The van der Waals surface area contributed by atoms with E-state index in [0.717, 1.165) is 12.1 Å². The van der Waals surface area contributed by atoms with Crippen molar-refractivity contribution in [3.05, 3.63) is 47.5 Å². The Bertz CT molecular complexity index is 374. The molecule has 0 aliphatic rings. The molecule has 0 N–H and O–H groups in total. The van der Waals surface area contributed by atoms with Crippen molar-refractivity contribution in [3.63, 3.8) is 0 Å². The van der Waals surface area contributed by atoms with E-state index in [2.05, 4.69) is 0 Å². The Hall–Kier alpha value is -1.58.